The fraction of sp³-hybridized carbons (Fsp3) is 0.375. The topological polar surface area (TPSA) is 79.6 Å². The number of hydrogen-bond acceptors (Lipinski definition) is 5. The average molecular weight is 318 g/mol. The number of amides is 2. The smallest absolute Gasteiger partial charge is 0.319 e. The van der Waals surface area contributed by atoms with Gasteiger partial charge in [-0.25, -0.2) is 9.78 Å². The second-order valence-corrected chi connectivity index (χ2v) is 5.12. The molecule has 0 aliphatic carbocycles. The van der Waals surface area contributed by atoms with E-state index in [1.807, 2.05) is 38.1 Å². The number of anilines is 1. The third-order valence-electron chi connectivity index (χ3n) is 3.25. The van der Waals surface area contributed by atoms with Crippen LogP contribution in [-0.4, -0.2) is 43.2 Å². The Morgan fingerprint density at radius 1 is 1.39 bits per heavy atom. The summed E-state index contributed by atoms with van der Waals surface area (Å²) in [5.41, 5.74) is 0.534. The Hall–Kier alpha value is -2.54. The van der Waals surface area contributed by atoms with Crippen molar-refractivity contribution >= 4 is 11.7 Å². The van der Waals surface area contributed by atoms with Gasteiger partial charge in [0.2, 0.25) is 5.88 Å². The molecule has 2 rings (SSSR count). The van der Waals surface area contributed by atoms with Crippen LogP contribution >= 0.6 is 0 Å². The van der Waals surface area contributed by atoms with Gasteiger partial charge in [0.05, 0.1) is 18.9 Å². The van der Waals surface area contributed by atoms with E-state index in [0.29, 0.717) is 24.7 Å². The van der Waals surface area contributed by atoms with E-state index in [4.69, 9.17) is 9.15 Å². The molecule has 1 unspecified atom stereocenters. The van der Waals surface area contributed by atoms with Crippen molar-refractivity contribution in [1.82, 2.24) is 15.2 Å². The van der Waals surface area contributed by atoms with Gasteiger partial charge in [-0.15, -0.1) is 0 Å². The van der Waals surface area contributed by atoms with Crippen molar-refractivity contribution in [3.8, 4) is 5.88 Å². The lowest BCUT2D eigenvalue weighted by molar-refractivity contribution is 0.233. The molecule has 0 spiro atoms. The van der Waals surface area contributed by atoms with E-state index in [1.165, 1.54) is 0 Å². The Labute approximate surface area is 135 Å². The molecule has 1 atom stereocenters. The zero-order chi connectivity index (χ0) is 16.7. The second-order valence-electron chi connectivity index (χ2n) is 5.12. The third-order valence-corrected chi connectivity index (χ3v) is 3.25. The first-order valence-corrected chi connectivity index (χ1v) is 7.44. The van der Waals surface area contributed by atoms with Crippen LogP contribution in [0.5, 0.6) is 5.88 Å². The minimum Gasteiger partial charge on any atom is -0.476 e. The number of nitrogens with zero attached hydrogens (tertiary/aromatic N) is 2. The van der Waals surface area contributed by atoms with Gasteiger partial charge in [0.1, 0.15) is 11.4 Å². The molecular weight excluding hydrogens is 296 g/mol. The Morgan fingerprint density at radius 2 is 2.22 bits per heavy atom. The molecule has 7 nitrogen and oxygen atoms in total. The Balaban J connectivity index is 1.94. The Bertz CT molecular complexity index is 614. The number of likely N-dealkylation sites (N-methyl/N-ethyl adjacent to an activating group) is 1. The SMILES string of the molecule is CCOc1ncccc1NC(=O)NCC(c1ccco1)N(C)C. The van der Waals surface area contributed by atoms with Gasteiger partial charge in [0.25, 0.3) is 0 Å². The molecule has 2 N–H and O–H groups in total. The van der Waals surface area contributed by atoms with E-state index in [1.54, 1.807) is 24.6 Å². The van der Waals surface area contributed by atoms with E-state index in [9.17, 15) is 4.79 Å². The van der Waals surface area contributed by atoms with Crippen molar-refractivity contribution in [3.05, 3.63) is 42.5 Å². The van der Waals surface area contributed by atoms with Gasteiger partial charge < -0.3 is 19.8 Å². The molecule has 0 radical (unpaired) electrons. The Morgan fingerprint density at radius 3 is 2.87 bits per heavy atom. The molecule has 0 saturated heterocycles. The maximum Gasteiger partial charge on any atom is 0.319 e. The summed E-state index contributed by atoms with van der Waals surface area (Å²) in [6.07, 6.45) is 3.24. The van der Waals surface area contributed by atoms with Crippen molar-refractivity contribution in [2.75, 3.05) is 32.6 Å². The van der Waals surface area contributed by atoms with Gasteiger partial charge in [-0.2, -0.15) is 0 Å². The van der Waals surface area contributed by atoms with Gasteiger partial charge in [0.15, 0.2) is 0 Å². The predicted octanol–water partition coefficient (Wildman–Crippen LogP) is 2.50. The monoisotopic (exact) mass is 318 g/mol. The summed E-state index contributed by atoms with van der Waals surface area (Å²) >= 11 is 0. The molecule has 0 aliphatic heterocycles. The minimum absolute atomic E-state index is 0.0454. The number of hydrogen-bond donors (Lipinski definition) is 2. The summed E-state index contributed by atoms with van der Waals surface area (Å²) in [5, 5.41) is 5.58. The molecule has 2 aromatic heterocycles. The summed E-state index contributed by atoms with van der Waals surface area (Å²) in [4.78, 5) is 18.2. The maximum absolute atomic E-state index is 12.1. The van der Waals surface area contributed by atoms with Gasteiger partial charge in [-0.05, 0) is 45.3 Å². The highest BCUT2D eigenvalue weighted by Gasteiger charge is 2.18. The molecule has 7 heteroatoms. The lowest BCUT2D eigenvalue weighted by Crippen LogP contribution is -2.36. The van der Waals surface area contributed by atoms with E-state index in [0.717, 1.165) is 5.76 Å². The quantitative estimate of drug-likeness (QED) is 0.820. The number of rotatable bonds is 7. The lowest BCUT2D eigenvalue weighted by Gasteiger charge is -2.22. The number of pyridine rings is 1. The Kier molecular flexibility index (Phi) is 5.99. The van der Waals surface area contributed by atoms with Gasteiger partial charge >= 0.3 is 6.03 Å². The highest BCUT2D eigenvalue weighted by molar-refractivity contribution is 5.90. The summed E-state index contributed by atoms with van der Waals surface area (Å²) < 4.78 is 10.8. The molecule has 124 valence electrons. The molecule has 2 heterocycles. The number of urea groups is 1. The van der Waals surface area contributed by atoms with Crippen LogP contribution in [0.1, 0.15) is 18.7 Å². The first-order valence-electron chi connectivity index (χ1n) is 7.44. The van der Waals surface area contributed by atoms with Gasteiger partial charge in [-0.3, -0.25) is 4.90 Å². The number of furan rings is 1. The van der Waals surface area contributed by atoms with Gasteiger partial charge in [0, 0.05) is 12.7 Å². The fourth-order valence-corrected chi connectivity index (χ4v) is 2.11. The van der Waals surface area contributed by atoms with Crippen molar-refractivity contribution < 1.29 is 13.9 Å². The van der Waals surface area contributed by atoms with Crippen LogP contribution in [0.4, 0.5) is 10.5 Å². The van der Waals surface area contributed by atoms with E-state index >= 15 is 0 Å². The summed E-state index contributed by atoms with van der Waals surface area (Å²) in [6.45, 7) is 2.76. The van der Waals surface area contributed by atoms with Gasteiger partial charge in [-0.1, -0.05) is 0 Å². The van der Waals surface area contributed by atoms with Crippen molar-refractivity contribution in [1.29, 1.82) is 0 Å². The normalized spacial score (nSPS) is 12.0. The first-order chi connectivity index (χ1) is 11.1. The van der Waals surface area contributed by atoms with E-state index in [2.05, 4.69) is 15.6 Å². The average Bonchev–Trinajstić information content (AvgIpc) is 3.03. The molecule has 0 aliphatic rings. The number of nitrogens with one attached hydrogen (secondary N) is 2. The van der Waals surface area contributed by atoms with Crippen molar-refractivity contribution in [3.63, 3.8) is 0 Å². The molecule has 2 amide bonds. The van der Waals surface area contributed by atoms with E-state index in [-0.39, 0.29) is 12.1 Å². The maximum atomic E-state index is 12.1. The fourth-order valence-electron chi connectivity index (χ4n) is 2.11. The number of ether oxygens (including phenoxy) is 1. The number of aromatic nitrogens is 1. The van der Waals surface area contributed by atoms with E-state index < -0.39 is 0 Å². The first kappa shape index (κ1) is 16.8. The zero-order valence-corrected chi connectivity index (χ0v) is 13.6. The van der Waals surface area contributed by atoms with Crippen molar-refractivity contribution in [2.24, 2.45) is 0 Å². The van der Waals surface area contributed by atoms with Crippen LogP contribution < -0.4 is 15.4 Å². The molecular formula is C16H22N4O3. The lowest BCUT2D eigenvalue weighted by atomic mass is 10.2. The summed E-state index contributed by atoms with van der Waals surface area (Å²) in [7, 11) is 3.86. The molecule has 0 aromatic carbocycles. The number of carbonyl (C=O) groups excluding carboxylic acids is 1. The highest BCUT2D eigenvalue weighted by atomic mass is 16.5. The predicted molar refractivity (Wildman–Crippen MR) is 87.6 cm³/mol. The van der Waals surface area contributed by atoms with Crippen LogP contribution in [-0.2, 0) is 0 Å². The largest absolute Gasteiger partial charge is 0.476 e. The second kappa shape index (κ2) is 8.19. The molecule has 0 saturated carbocycles. The molecule has 2 aromatic rings. The third kappa shape index (κ3) is 4.72. The molecule has 0 fully saturated rings. The van der Waals surface area contributed by atoms with Crippen LogP contribution in [0, 0.1) is 0 Å². The standard InChI is InChI=1S/C16H22N4O3/c1-4-22-15-12(7-5-9-17-15)19-16(21)18-11-13(20(2)3)14-8-6-10-23-14/h5-10,13H,4,11H2,1-3H3,(H2,18,19,21). The minimum atomic E-state index is -0.322. The molecule has 0 bridgehead atoms. The summed E-state index contributed by atoms with van der Waals surface area (Å²) in [6, 6.07) is 6.83. The summed E-state index contributed by atoms with van der Waals surface area (Å²) in [5.74, 6) is 1.20. The van der Waals surface area contributed by atoms with Crippen LogP contribution in [0.3, 0.4) is 0 Å². The molecule has 23 heavy (non-hydrogen) atoms. The van der Waals surface area contributed by atoms with Crippen molar-refractivity contribution in [2.45, 2.75) is 13.0 Å². The van der Waals surface area contributed by atoms with Crippen LogP contribution in [0.2, 0.25) is 0 Å². The number of carbonyl (C=O) groups is 1. The van der Waals surface area contributed by atoms with Crippen LogP contribution in [0.25, 0.3) is 0 Å². The zero-order valence-electron chi connectivity index (χ0n) is 13.6. The highest BCUT2D eigenvalue weighted by Crippen LogP contribution is 2.21. The van der Waals surface area contributed by atoms with Crippen LogP contribution in [0.15, 0.2) is 41.1 Å².